The predicted molar refractivity (Wildman–Crippen MR) is 123 cm³/mol. The smallest absolute Gasteiger partial charge is 0.308 e. The molecular formula is C22H22O9S2. The van der Waals surface area contributed by atoms with Crippen molar-refractivity contribution >= 4 is 43.8 Å². The van der Waals surface area contributed by atoms with E-state index in [1.54, 1.807) is 30.3 Å². The van der Waals surface area contributed by atoms with E-state index in [1.807, 2.05) is 0 Å². The molecule has 0 aliphatic rings. The first-order chi connectivity index (χ1) is 15.4. The summed E-state index contributed by atoms with van der Waals surface area (Å²) in [5, 5.41) is 0.418. The van der Waals surface area contributed by atoms with Gasteiger partial charge in [0.25, 0.3) is 0 Å². The quantitative estimate of drug-likeness (QED) is 0.381. The number of esters is 2. The second-order valence-electron chi connectivity index (χ2n) is 6.70. The van der Waals surface area contributed by atoms with Crippen molar-refractivity contribution in [1.82, 2.24) is 0 Å². The predicted octanol–water partition coefficient (Wildman–Crippen LogP) is 2.97. The SMILES string of the molecule is COc1cc(/C=C/S(=O)(=O)CS(=O)(=O)/C=C/c2ccccc2)cc(OC(C)=O)c1OC(C)=O. The molecule has 0 fully saturated rings. The van der Waals surface area contributed by atoms with Gasteiger partial charge >= 0.3 is 11.9 Å². The minimum Gasteiger partial charge on any atom is -0.493 e. The van der Waals surface area contributed by atoms with Crippen molar-refractivity contribution in [2.24, 2.45) is 0 Å². The summed E-state index contributed by atoms with van der Waals surface area (Å²) in [5.41, 5.74) is 0.798. The molecule has 9 nitrogen and oxygen atoms in total. The van der Waals surface area contributed by atoms with Gasteiger partial charge in [0.05, 0.1) is 7.11 Å². The average Bonchev–Trinajstić information content (AvgIpc) is 2.71. The lowest BCUT2D eigenvalue weighted by Gasteiger charge is -2.13. The maximum atomic E-state index is 12.4. The normalized spacial score (nSPS) is 12.1. The third-order valence-electron chi connectivity index (χ3n) is 3.83. The van der Waals surface area contributed by atoms with Crippen LogP contribution in [0.2, 0.25) is 0 Å². The summed E-state index contributed by atoms with van der Waals surface area (Å²) >= 11 is 0. The minimum atomic E-state index is -4.18. The van der Waals surface area contributed by atoms with E-state index in [1.165, 1.54) is 25.3 Å². The fraction of sp³-hybridized carbons (Fsp3) is 0.182. The summed E-state index contributed by atoms with van der Waals surface area (Å²) in [5.74, 6) is -1.74. The van der Waals surface area contributed by atoms with Crippen LogP contribution >= 0.6 is 0 Å². The molecule has 0 aliphatic carbocycles. The lowest BCUT2D eigenvalue weighted by atomic mass is 10.2. The fourth-order valence-electron chi connectivity index (χ4n) is 2.56. The molecule has 0 saturated heterocycles. The molecular weight excluding hydrogens is 472 g/mol. The molecule has 0 amide bonds. The molecule has 11 heteroatoms. The topological polar surface area (TPSA) is 130 Å². The zero-order valence-electron chi connectivity index (χ0n) is 18.0. The molecule has 2 aromatic carbocycles. The Morgan fingerprint density at radius 1 is 0.788 bits per heavy atom. The number of carbonyl (C=O) groups is 2. The molecule has 2 aromatic rings. The van der Waals surface area contributed by atoms with Crippen LogP contribution in [0.1, 0.15) is 25.0 Å². The first-order valence-corrected chi connectivity index (χ1v) is 12.8. The van der Waals surface area contributed by atoms with Crippen LogP contribution in [0, 0.1) is 0 Å². The van der Waals surface area contributed by atoms with E-state index in [9.17, 15) is 26.4 Å². The third kappa shape index (κ3) is 8.54. The van der Waals surface area contributed by atoms with Crippen molar-refractivity contribution in [3.05, 3.63) is 64.4 Å². The first-order valence-electron chi connectivity index (χ1n) is 9.36. The number of hydrogen-bond donors (Lipinski definition) is 0. The van der Waals surface area contributed by atoms with E-state index in [4.69, 9.17) is 14.2 Å². The summed E-state index contributed by atoms with van der Waals surface area (Å²) in [4.78, 5) is 22.8. The lowest BCUT2D eigenvalue weighted by molar-refractivity contribution is -0.134. The maximum Gasteiger partial charge on any atom is 0.308 e. The second kappa shape index (κ2) is 10.9. The average molecular weight is 495 g/mol. The maximum absolute atomic E-state index is 12.4. The molecule has 176 valence electrons. The Morgan fingerprint density at radius 3 is 1.82 bits per heavy atom. The molecule has 0 radical (unpaired) electrons. The highest BCUT2D eigenvalue weighted by Crippen LogP contribution is 2.39. The van der Waals surface area contributed by atoms with Gasteiger partial charge in [-0.25, -0.2) is 16.8 Å². The summed E-state index contributed by atoms with van der Waals surface area (Å²) in [7, 11) is -6.98. The first kappa shape index (κ1) is 25.8. The van der Waals surface area contributed by atoms with Gasteiger partial charge in [0, 0.05) is 24.7 Å². The Bertz CT molecular complexity index is 1290. The summed E-state index contributed by atoms with van der Waals surface area (Å²) in [6.07, 6.45) is 2.41. The van der Waals surface area contributed by atoms with E-state index in [0.29, 0.717) is 5.56 Å². The van der Waals surface area contributed by atoms with Gasteiger partial charge in [-0.05, 0) is 35.4 Å². The van der Waals surface area contributed by atoms with Gasteiger partial charge in [-0.1, -0.05) is 30.3 Å². The van der Waals surface area contributed by atoms with Gasteiger partial charge in [0.2, 0.25) is 5.75 Å². The number of hydrogen-bond acceptors (Lipinski definition) is 9. The molecule has 0 spiro atoms. The van der Waals surface area contributed by atoms with Crippen LogP contribution in [0.15, 0.2) is 53.3 Å². The molecule has 0 bridgehead atoms. The van der Waals surface area contributed by atoms with E-state index < -0.39 is 36.7 Å². The van der Waals surface area contributed by atoms with Gasteiger partial charge < -0.3 is 14.2 Å². The van der Waals surface area contributed by atoms with E-state index >= 15 is 0 Å². The summed E-state index contributed by atoms with van der Waals surface area (Å²) < 4.78 is 64.4. The van der Waals surface area contributed by atoms with Crippen molar-refractivity contribution in [2.75, 3.05) is 12.2 Å². The molecule has 0 aromatic heterocycles. The molecule has 33 heavy (non-hydrogen) atoms. The molecule has 0 heterocycles. The van der Waals surface area contributed by atoms with Crippen molar-refractivity contribution in [2.45, 2.75) is 13.8 Å². The Labute approximate surface area is 192 Å². The van der Waals surface area contributed by atoms with Crippen LogP contribution in [0.5, 0.6) is 17.2 Å². The Kier molecular flexibility index (Phi) is 8.55. The summed E-state index contributed by atoms with van der Waals surface area (Å²) in [6.45, 7) is 2.27. The van der Waals surface area contributed by atoms with Gasteiger partial charge in [0.15, 0.2) is 36.3 Å². The zero-order chi connectivity index (χ0) is 24.6. The van der Waals surface area contributed by atoms with Crippen LogP contribution in [0.3, 0.4) is 0 Å². The number of methoxy groups -OCH3 is 1. The van der Waals surface area contributed by atoms with Crippen molar-refractivity contribution in [3.63, 3.8) is 0 Å². The summed E-state index contributed by atoms with van der Waals surface area (Å²) in [6, 6.07) is 11.1. The van der Waals surface area contributed by atoms with Gasteiger partial charge in [-0.3, -0.25) is 9.59 Å². The fourth-order valence-corrected chi connectivity index (χ4v) is 5.75. The van der Waals surface area contributed by atoms with Crippen molar-refractivity contribution < 1.29 is 40.6 Å². The molecule has 0 aliphatic heterocycles. The molecule has 0 unspecified atom stereocenters. The minimum absolute atomic E-state index is 0.000543. The zero-order valence-corrected chi connectivity index (χ0v) is 19.7. The van der Waals surface area contributed by atoms with Crippen LogP contribution in [-0.4, -0.2) is 41.0 Å². The molecule has 2 rings (SSSR count). The van der Waals surface area contributed by atoms with Crippen molar-refractivity contribution in [3.8, 4) is 17.2 Å². The van der Waals surface area contributed by atoms with Gasteiger partial charge in [-0.15, -0.1) is 0 Å². The largest absolute Gasteiger partial charge is 0.493 e. The molecule has 0 saturated carbocycles. The monoisotopic (exact) mass is 494 g/mol. The lowest BCUT2D eigenvalue weighted by Crippen LogP contribution is -2.12. The Hall–Kier alpha value is -3.44. The van der Waals surface area contributed by atoms with E-state index in [0.717, 1.165) is 30.7 Å². The Morgan fingerprint density at radius 2 is 1.30 bits per heavy atom. The van der Waals surface area contributed by atoms with Crippen LogP contribution < -0.4 is 14.2 Å². The standard InChI is InChI=1S/C22H22O9S2/c1-16(23)30-21-14-19(13-20(29-3)22(21)31-17(2)24)10-12-33(27,28)15-32(25,26)11-9-18-7-5-4-6-8-18/h4-14H,15H2,1-3H3/b11-9+,12-10+. The third-order valence-corrected chi connectivity index (χ3v) is 7.56. The van der Waals surface area contributed by atoms with Gasteiger partial charge in [-0.2, -0.15) is 0 Å². The second-order valence-corrected chi connectivity index (χ2v) is 10.8. The molecule has 0 N–H and O–H groups in total. The highest BCUT2D eigenvalue weighted by molar-refractivity contribution is 8.10. The van der Waals surface area contributed by atoms with E-state index in [2.05, 4.69) is 0 Å². The number of ether oxygens (including phenoxy) is 3. The van der Waals surface area contributed by atoms with Crippen LogP contribution in [-0.2, 0) is 29.3 Å². The van der Waals surface area contributed by atoms with Gasteiger partial charge in [0.1, 0.15) is 0 Å². The number of carbonyl (C=O) groups excluding carboxylic acids is 2. The highest BCUT2D eigenvalue weighted by atomic mass is 32.3. The number of rotatable bonds is 9. The molecule has 0 atom stereocenters. The number of benzene rings is 2. The van der Waals surface area contributed by atoms with Crippen LogP contribution in [0.25, 0.3) is 12.2 Å². The highest BCUT2D eigenvalue weighted by Gasteiger charge is 2.20. The van der Waals surface area contributed by atoms with Crippen LogP contribution in [0.4, 0.5) is 0 Å². The van der Waals surface area contributed by atoms with Crippen molar-refractivity contribution in [1.29, 1.82) is 0 Å². The number of sulfone groups is 2. The van der Waals surface area contributed by atoms with E-state index in [-0.39, 0.29) is 22.8 Å². The Balaban J connectivity index is 2.31.